The van der Waals surface area contributed by atoms with Gasteiger partial charge in [0.25, 0.3) is 0 Å². The molecule has 1 saturated carbocycles. The molecule has 3 nitrogen and oxygen atoms in total. The van der Waals surface area contributed by atoms with Gasteiger partial charge in [-0.05, 0) is 26.7 Å². The van der Waals surface area contributed by atoms with Crippen LogP contribution in [0.1, 0.15) is 46.0 Å². The van der Waals surface area contributed by atoms with E-state index in [-0.39, 0.29) is 6.10 Å². The molecule has 1 N–H and O–H groups in total. The molecule has 0 radical (unpaired) electrons. The lowest BCUT2D eigenvalue weighted by atomic mass is 9.83. The third-order valence-electron chi connectivity index (χ3n) is 3.61. The Kier molecular flexibility index (Phi) is 4.74. The number of hydrogen-bond donors (Lipinski definition) is 1. The lowest BCUT2D eigenvalue weighted by molar-refractivity contribution is 0.0829. The van der Waals surface area contributed by atoms with Gasteiger partial charge in [0.15, 0.2) is 5.17 Å². The second-order valence-electron chi connectivity index (χ2n) is 5.17. The van der Waals surface area contributed by atoms with Crippen LogP contribution >= 0.6 is 11.8 Å². The zero-order valence-electron chi connectivity index (χ0n) is 11.0. The second kappa shape index (κ2) is 6.10. The number of ether oxygens (including phenoxy) is 1. The van der Waals surface area contributed by atoms with Gasteiger partial charge in [0.2, 0.25) is 0 Å². The van der Waals surface area contributed by atoms with Crippen molar-refractivity contribution in [3.8, 4) is 0 Å². The molecule has 1 saturated heterocycles. The molecule has 0 amide bonds. The molecule has 98 valence electrons. The average molecular weight is 256 g/mol. The van der Waals surface area contributed by atoms with Gasteiger partial charge in [0.1, 0.15) is 0 Å². The fourth-order valence-corrected chi connectivity index (χ4v) is 3.87. The highest BCUT2D eigenvalue weighted by Crippen LogP contribution is 2.36. The van der Waals surface area contributed by atoms with Crippen molar-refractivity contribution in [3.05, 3.63) is 0 Å². The summed E-state index contributed by atoms with van der Waals surface area (Å²) in [7, 11) is 0. The Morgan fingerprint density at radius 3 is 2.88 bits per heavy atom. The fourth-order valence-electron chi connectivity index (χ4n) is 2.64. The molecule has 4 heteroatoms. The smallest absolute Gasteiger partial charge is 0.157 e. The Balaban J connectivity index is 1.82. The highest BCUT2D eigenvalue weighted by molar-refractivity contribution is 8.14. The van der Waals surface area contributed by atoms with Gasteiger partial charge in [0.05, 0.1) is 12.6 Å². The van der Waals surface area contributed by atoms with Crippen LogP contribution in [0.2, 0.25) is 0 Å². The molecule has 17 heavy (non-hydrogen) atoms. The quantitative estimate of drug-likeness (QED) is 0.840. The third-order valence-corrected chi connectivity index (χ3v) is 4.81. The topological polar surface area (TPSA) is 33.6 Å². The summed E-state index contributed by atoms with van der Waals surface area (Å²) in [5.41, 5.74) is 0.372. The predicted octanol–water partition coefficient (Wildman–Crippen LogP) is 2.81. The van der Waals surface area contributed by atoms with Crippen molar-refractivity contribution in [1.82, 2.24) is 5.32 Å². The molecule has 1 heterocycles. The molecular formula is C13H24N2OS. The zero-order valence-corrected chi connectivity index (χ0v) is 11.8. The maximum Gasteiger partial charge on any atom is 0.157 e. The molecule has 1 unspecified atom stereocenters. The summed E-state index contributed by atoms with van der Waals surface area (Å²) in [6.07, 6.45) is 7.02. The first kappa shape index (κ1) is 13.2. The van der Waals surface area contributed by atoms with Crippen molar-refractivity contribution in [3.63, 3.8) is 0 Å². The summed E-state index contributed by atoms with van der Waals surface area (Å²) < 4.78 is 5.49. The van der Waals surface area contributed by atoms with E-state index < -0.39 is 0 Å². The van der Waals surface area contributed by atoms with Crippen LogP contribution in [0, 0.1) is 0 Å². The van der Waals surface area contributed by atoms with Crippen molar-refractivity contribution in [2.45, 2.75) is 57.6 Å². The second-order valence-corrected chi connectivity index (χ2v) is 6.13. The van der Waals surface area contributed by atoms with E-state index in [1.165, 1.54) is 37.9 Å². The normalized spacial score (nSPS) is 27.3. The van der Waals surface area contributed by atoms with Crippen LogP contribution < -0.4 is 5.32 Å². The molecule has 1 spiro atoms. The van der Waals surface area contributed by atoms with Gasteiger partial charge < -0.3 is 10.1 Å². The van der Waals surface area contributed by atoms with Crippen molar-refractivity contribution in [2.24, 2.45) is 4.99 Å². The fraction of sp³-hybridized carbons (Fsp3) is 0.923. The third kappa shape index (κ3) is 3.62. The molecule has 0 aromatic carbocycles. The Hall–Kier alpha value is -0.220. The highest BCUT2D eigenvalue weighted by atomic mass is 32.2. The number of rotatable bonds is 4. The van der Waals surface area contributed by atoms with E-state index in [1.807, 2.05) is 18.7 Å². The predicted molar refractivity (Wildman–Crippen MR) is 74.8 cm³/mol. The van der Waals surface area contributed by atoms with Gasteiger partial charge in [-0.25, -0.2) is 0 Å². The summed E-state index contributed by atoms with van der Waals surface area (Å²) >= 11 is 1.89. The lowest BCUT2D eigenvalue weighted by Gasteiger charge is -2.32. The minimum absolute atomic E-state index is 0.234. The molecule has 1 atom stereocenters. The average Bonchev–Trinajstić information content (AvgIpc) is 2.71. The first-order chi connectivity index (χ1) is 8.24. The summed E-state index contributed by atoms with van der Waals surface area (Å²) in [6.45, 7) is 5.67. The van der Waals surface area contributed by atoms with Crippen molar-refractivity contribution < 1.29 is 4.74 Å². The number of hydrogen-bond acceptors (Lipinski definition) is 3. The number of nitrogens with zero attached hydrogens (tertiary/aromatic N) is 1. The Bertz CT molecular complexity index is 275. The van der Waals surface area contributed by atoms with E-state index >= 15 is 0 Å². The van der Waals surface area contributed by atoms with E-state index in [0.29, 0.717) is 5.54 Å². The van der Waals surface area contributed by atoms with E-state index in [2.05, 4.69) is 17.2 Å². The monoisotopic (exact) mass is 256 g/mol. The molecule has 2 fully saturated rings. The Morgan fingerprint density at radius 1 is 1.41 bits per heavy atom. The van der Waals surface area contributed by atoms with Gasteiger partial charge in [-0.1, -0.05) is 31.0 Å². The van der Waals surface area contributed by atoms with E-state index in [4.69, 9.17) is 4.74 Å². The minimum atomic E-state index is 0.234. The molecule has 0 aromatic rings. The van der Waals surface area contributed by atoms with E-state index in [1.54, 1.807) is 0 Å². The van der Waals surface area contributed by atoms with Crippen molar-refractivity contribution in [2.75, 3.05) is 18.9 Å². The number of thioether (sulfide) groups is 1. The summed E-state index contributed by atoms with van der Waals surface area (Å²) in [6, 6.07) is 0. The molecule has 0 aromatic heterocycles. The number of aliphatic imine (C=N–C) groups is 1. The first-order valence-electron chi connectivity index (χ1n) is 6.81. The van der Waals surface area contributed by atoms with Crippen LogP contribution in [0.15, 0.2) is 4.99 Å². The van der Waals surface area contributed by atoms with E-state index in [9.17, 15) is 0 Å². The molecule has 0 bridgehead atoms. The first-order valence-corrected chi connectivity index (χ1v) is 7.80. The maximum atomic E-state index is 5.49. The van der Waals surface area contributed by atoms with Crippen LogP contribution in [-0.2, 0) is 4.74 Å². The summed E-state index contributed by atoms with van der Waals surface area (Å²) in [5.74, 6) is 1.20. The van der Waals surface area contributed by atoms with Gasteiger partial charge >= 0.3 is 0 Å². The van der Waals surface area contributed by atoms with E-state index in [0.717, 1.165) is 18.3 Å². The maximum absolute atomic E-state index is 5.49. The van der Waals surface area contributed by atoms with Crippen LogP contribution in [0.5, 0.6) is 0 Å². The molecule has 1 aliphatic carbocycles. The van der Waals surface area contributed by atoms with Gasteiger partial charge in [-0.2, -0.15) is 0 Å². The molecule has 2 aliphatic rings. The Labute approximate surface area is 109 Å². The number of nitrogens with one attached hydrogen (secondary N) is 1. The van der Waals surface area contributed by atoms with Gasteiger partial charge in [-0.3, -0.25) is 4.99 Å². The Morgan fingerprint density at radius 2 is 2.18 bits per heavy atom. The largest absolute Gasteiger partial charge is 0.377 e. The molecule has 1 aliphatic heterocycles. The van der Waals surface area contributed by atoms with Crippen LogP contribution in [0.3, 0.4) is 0 Å². The zero-order chi connectivity index (χ0) is 12.1. The standard InChI is InChI=1S/C13H24N2OS/c1-3-16-11(2)9-14-12-15-13(10-17-12)7-5-4-6-8-13/h11H,3-10H2,1-2H3,(H,14,15). The summed E-state index contributed by atoms with van der Waals surface area (Å²) in [4.78, 5) is 4.63. The summed E-state index contributed by atoms with van der Waals surface area (Å²) in [5, 5.41) is 4.80. The molecule has 2 rings (SSSR count). The SMILES string of the molecule is CCOC(C)CN=C1NC2(CCCCC2)CS1. The van der Waals surface area contributed by atoms with Gasteiger partial charge in [0, 0.05) is 17.9 Å². The number of amidine groups is 1. The minimum Gasteiger partial charge on any atom is -0.377 e. The van der Waals surface area contributed by atoms with Crippen LogP contribution in [0.4, 0.5) is 0 Å². The van der Waals surface area contributed by atoms with Crippen molar-refractivity contribution in [1.29, 1.82) is 0 Å². The highest BCUT2D eigenvalue weighted by Gasteiger charge is 2.37. The molecular weight excluding hydrogens is 232 g/mol. The van der Waals surface area contributed by atoms with Crippen LogP contribution in [-0.4, -0.2) is 35.7 Å². The lowest BCUT2D eigenvalue weighted by Crippen LogP contribution is -2.45. The van der Waals surface area contributed by atoms with Gasteiger partial charge in [-0.15, -0.1) is 0 Å². The van der Waals surface area contributed by atoms with Crippen LogP contribution in [0.25, 0.3) is 0 Å². The van der Waals surface area contributed by atoms with Crippen molar-refractivity contribution >= 4 is 16.9 Å².